The number of hydrogen-bond acceptors (Lipinski definition) is 3. The molecule has 26 heavy (non-hydrogen) atoms. The molecule has 0 saturated carbocycles. The number of nitrogens with one attached hydrogen (secondary N) is 2. The predicted molar refractivity (Wildman–Crippen MR) is 102 cm³/mol. The topological polar surface area (TPSA) is 70.7 Å². The third kappa shape index (κ3) is 4.46. The zero-order chi connectivity index (χ0) is 18.5. The molecule has 1 atom stereocenters. The number of urea groups is 1. The van der Waals surface area contributed by atoms with E-state index >= 15 is 0 Å². The fourth-order valence-corrected chi connectivity index (χ4v) is 3.00. The number of carbonyl (C=O) groups excluding carboxylic acids is 2. The van der Waals surface area contributed by atoms with Crippen molar-refractivity contribution in [2.75, 3.05) is 30.4 Å². The molecule has 1 heterocycles. The first-order chi connectivity index (χ1) is 12.5. The van der Waals surface area contributed by atoms with E-state index in [4.69, 9.17) is 16.3 Å². The van der Waals surface area contributed by atoms with Crippen LogP contribution in [-0.4, -0.2) is 32.1 Å². The van der Waals surface area contributed by atoms with E-state index in [1.54, 1.807) is 36.3 Å². The van der Waals surface area contributed by atoms with Gasteiger partial charge in [0.05, 0.1) is 7.11 Å². The summed E-state index contributed by atoms with van der Waals surface area (Å²) in [5.74, 6) is 0.873. The smallest absolute Gasteiger partial charge is 0.319 e. The van der Waals surface area contributed by atoms with Crippen molar-refractivity contribution >= 4 is 34.9 Å². The SMILES string of the molecule is COc1ccc(N2C[C@@H](CNC(=O)Nc3ccc(Cl)cc3)CC2=O)cc1. The molecule has 0 spiro atoms. The minimum atomic E-state index is -0.303. The number of methoxy groups -OCH3 is 1. The molecule has 6 nitrogen and oxygen atoms in total. The number of nitrogens with zero attached hydrogens (tertiary/aromatic N) is 1. The quantitative estimate of drug-likeness (QED) is 0.842. The monoisotopic (exact) mass is 373 g/mol. The fourth-order valence-electron chi connectivity index (χ4n) is 2.88. The summed E-state index contributed by atoms with van der Waals surface area (Å²) < 4.78 is 5.13. The minimum absolute atomic E-state index is 0.0556. The predicted octanol–water partition coefficient (Wildman–Crippen LogP) is 3.52. The minimum Gasteiger partial charge on any atom is -0.497 e. The van der Waals surface area contributed by atoms with Crippen LogP contribution >= 0.6 is 11.6 Å². The Kier molecular flexibility index (Phi) is 5.63. The molecular weight excluding hydrogens is 354 g/mol. The Hall–Kier alpha value is -2.73. The van der Waals surface area contributed by atoms with Crippen molar-refractivity contribution < 1.29 is 14.3 Å². The van der Waals surface area contributed by atoms with Crippen molar-refractivity contribution in [2.45, 2.75) is 6.42 Å². The van der Waals surface area contributed by atoms with Crippen molar-refractivity contribution in [1.82, 2.24) is 5.32 Å². The molecule has 0 aromatic heterocycles. The van der Waals surface area contributed by atoms with Gasteiger partial charge < -0.3 is 20.3 Å². The van der Waals surface area contributed by atoms with E-state index in [-0.39, 0.29) is 17.9 Å². The molecule has 1 saturated heterocycles. The van der Waals surface area contributed by atoms with Crippen LogP contribution in [0.25, 0.3) is 0 Å². The molecule has 2 aromatic carbocycles. The summed E-state index contributed by atoms with van der Waals surface area (Å²) in [7, 11) is 1.60. The third-order valence-electron chi connectivity index (χ3n) is 4.24. The van der Waals surface area contributed by atoms with E-state index in [1.807, 2.05) is 24.3 Å². The zero-order valence-electron chi connectivity index (χ0n) is 14.4. The van der Waals surface area contributed by atoms with Crippen LogP contribution in [-0.2, 0) is 4.79 Å². The second-order valence-electron chi connectivity index (χ2n) is 6.11. The van der Waals surface area contributed by atoms with E-state index in [1.165, 1.54) is 0 Å². The summed E-state index contributed by atoms with van der Waals surface area (Å²) in [4.78, 5) is 26.0. The summed E-state index contributed by atoms with van der Waals surface area (Å²) in [5, 5.41) is 6.17. The van der Waals surface area contributed by atoms with Crippen LogP contribution in [0.4, 0.5) is 16.2 Å². The normalized spacial score (nSPS) is 16.5. The van der Waals surface area contributed by atoms with E-state index in [0.29, 0.717) is 30.2 Å². The lowest BCUT2D eigenvalue weighted by Gasteiger charge is -2.17. The molecule has 1 fully saturated rings. The van der Waals surface area contributed by atoms with Crippen LogP contribution in [0, 0.1) is 5.92 Å². The largest absolute Gasteiger partial charge is 0.497 e. The zero-order valence-corrected chi connectivity index (χ0v) is 15.1. The van der Waals surface area contributed by atoms with Gasteiger partial charge in [-0.1, -0.05) is 11.6 Å². The highest BCUT2D eigenvalue weighted by atomic mass is 35.5. The van der Waals surface area contributed by atoms with E-state index in [0.717, 1.165) is 11.4 Å². The molecule has 3 rings (SSSR count). The lowest BCUT2D eigenvalue weighted by Crippen LogP contribution is -2.34. The Labute approximate surface area is 157 Å². The third-order valence-corrected chi connectivity index (χ3v) is 4.49. The van der Waals surface area contributed by atoms with Crippen LogP contribution in [0.5, 0.6) is 5.75 Å². The number of rotatable bonds is 5. The average molecular weight is 374 g/mol. The summed E-state index contributed by atoms with van der Waals surface area (Å²) in [6, 6.07) is 13.9. The maximum absolute atomic E-state index is 12.3. The van der Waals surface area contributed by atoms with Crippen LogP contribution in [0.15, 0.2) is 48.5 Å². The van der Waals surface area contributed by atoms with Crippen LogP contribution in [0.3, 0.4) is 0 Å². The van der Waals surface area contributed by atoms with Crippen molar-refractivity contribution in [2.24, 2.45) is 5.92 Å². The molecule has 1 aliphatic heterocycles. The van der Waals surface area contributed by atoms with Crippen molar-refractivity contribution in [3.05, 3.63) is 53.6 Å². The van der Waals surface area contributed by atoms with Crippen molar-refractivity contribution in [1.29, 1.82) is 0 Å². The molecule has 136 valence electrons. The molecule has 2 aromatic rings. The first kappa shape index (κ1) is 18.1. The Balaban J connectivity index is 1.50. The van der Waals surface area contributed by atoms with E-state index in [9.17, 15) is 9.59 Å². The molecule has 7 heteroatoms. The number of hydrogen-bond donors (Lipinski definition) is 2. The summed E-state index contributed by atoms with van der Waals surface area (Å²) in [6.45, 7) is 1.00. The van der Waals surface area contributed by atoms with Gasteiger partial charge in [0.2, 0.25) is 5.91 Å². The molecule has 0 unspecified atom stereocenters. The lowest BCUT2D eigenvalue weighted by molar-refractivity contribution is -0.117. The van der Waals surface area contributed by atoms with Gasteiger partial charge in [0, 0.05) is 41.8 Å². The molecular formula is C19H20ClN3O3. The van der Waals surface area contributed by atoms with Crippen LogP contribution in [0.1, 0.15) is 6.42 Å². The number of anilines is 2. The second kappa shape index (κ2) is 8.10. The molecule has 0 aliphatic carbocycles. The van der Waals surface area contributed by atoms with Gasteiger partial charge in [-0.05, 0) is 48.5 Å². The number of amides is 3. The Morgan fingerprint density at radius 3 is 2.54 bits per heavy atom. The number of halogens is 1. The highest BCUT2D eigenvalue weighted by Gasteiger charge is 2.30. The molecule has 0 bridgehead atoms. The van der Waals surface area contributed by atoms with E-state index in [2.05, 4.69) is 10.6 Å². The highest BCUT2D eigenvalue weighted by Crippen LogP contribution is 2.26. The average Bonchev–Trinajstić information content (AvgIpc) is 3.03. The van der Waals surface area contributed by atoms with Gasteiger partial charge in [-0.25, -0.2) is 4.79 Å². The Morgan fingerprint density at radius 2 is 1.88 bits per heavy atom. The van der Waals surface area contributed by atoms with Crippen LogP contribution in [0.2, 0.25) is 5.02 Å². The summed E-state index contributed by atoms with van der Waals surface area (Å²) >= 11 is 5.82. The number of benzene rings is 2. The lowest BCUT2D eigenvalue weighted by atomic mass is 10.1. The molecule has 2 N–H and O–H groups in total. The van der Waals surface area contributed by atoms with Gasteiger partial charge in [-0.2, -0.15) is 0 Å². The van der Waals surface area contributed by atoms with Gasteiger partial charge in [0.1, 0.15) is 5.75 Å². The molecule has 0 radical (unpaired) electrons. The standard InChI is InChI=1S/C19H20ClN3O3/c1-26-17-8-6-16(7-9-17)23-12-13(10-18(23)24)11-21-19(25)22-15-4-2-14(20)3-5-15/h2-9,13H,10-12H2,1H3,(H2,21,22,25)/t13-/m1/s1. The molecule has 3 amide bonds. The summed E-state index contributed by atoms with van der Waals surface area (Å²) in [5.41, 5.74) is 1.50. The number of ether oxygens (including phenoxy) is 1. The van der Waals surface area contributed by atoms with Crippen LogP contribution < -0.4 is 20.3 Å². The first-order valence-corrected chi connectivity index (χ1v) is 8.68. The van der Waals surface area contributed by atoms with Gasteiger partial charge in [-0.15, -0.1) is 0 Å². The van der Waals surface area contributed by atoms with Gasteiger partial charge in [-0.3, -0.25) is 4.79 Å². The van der Waals surface area contributed by atoms with Gasteiger partial charge in [0.15, 0.2) is 0 Å². The van der Waals surface area contributed by atoms with Gasteiger partial charge in [0.25, 0.3) is 0 Å². The van der Waals surface area contributed by atoms with Gasteiger partial charge >= 0.3 is 6.03 Å². The maximum Gasteiger partial charge on any atom is 0.319 e. The number of carbonyl (C=O) groups is 2. The van der Waals surface area contributed by atoms with E-state index < -0.39 is 0 Å². The highest BCUT2D eigenvalue weighted by molar-refractivity contribution is 6.30. The Morgan fingerprint density at radius 1 is 1.19 bits per heavy atom. The first-order valence-electron chi connectivity index (χ1n) is 8.30. The van der Waals surface area contributed by atoms with Crippen molar-refractivity contribution in [3.8, 4) is 5.75 Å². The Bertz CT molecular complexity index is 778. The van der Waals surface area contributed by atoms with Crippen molar-refractivity contribution in [3.63, 3.8) is 0 Å². The summed E-state index contributed by atoms with van der Waals surface area (Å²) in [6.07, 6.45) is 0.410. The second-order valence-corrected chi connectivity index (χ2v) is 6.55. The molecule has 1 aliphatic rings. The maximum atomic E-state index is 12.3. The fraction of sp³-hybridized carbons (Fsp3) is 0.263.